The molecule has 0 spiro atoms. The van der Waals surface area contributed by atoms with Crippen molar-refractivity contribution in [3.8, 4) is 0 Å². The van der Waals surface area contributed by atoms with Crippen LogP contribution in [0.3, 0.4) is 0 Å². The molecule has 1 heterocycles. The Morgan fingerprint density at radius 2 is 2.11 bits per heavy atom. The number of amides is 1. The molecule has 0 aliphatic heterocycles. The van der Waals surface area contributed by atoms with Gasteiger partial charge in [0.2, 0.25) is 0 Å². The first-order chi connectivity index (χ1) is 9.33. The van der Waals surface area contributed by atoms with E-state index in [2.05, 4.69) is 15.5 Å². The third kappa shape index (κ3) is 2.88. The van der Waals surface area contributed by atoms with Crippen molar-refractivity contribution < 1.29 is 4.79 Å². The van der Waals surface area contributed by atoms with E-state index in [9.17, 15) is 4.79 Å². The molecule has 2 N–H and O–H groups in total. The second kappa shape index (κ2) is 5.59. The van der Waals surface area contributed by atoms with Crippen LogP contribution in [0.25, 0.3) is 0 Å². The van der Waals surface area contributed by atoms with Crippen LogP contribution in [0.5, 0.6) is 0 Å². The van der Waals surface area contributed by atoms with E-state index in [0.29, 0.717) is 5.69 Å². The summed E-state index contributed by atoms with van der Waals surface area (Å²) in [6.07, 6.45) is 10.6. The molecule has 2 saturated carbocycles. The van der Waals surface area contributed by atoms with Gasteiger partial charge < -0.3 is 4.98 Å². The average molecular weight is 259 g/mol. The SMILES string of the molecule is O=C(N/N=C1\CC[C@@H]2CCCC[C@@H]2C1)c1ccc[nH]1. The van der Waals surface area contributed by atoms with Crippen LogP contribution in [0, 0.1) is 11.8 Å². The van der Waals surface area contributed by atoms with Crippen LogP contribution < -0.4 is 5.43 Å². The second-order valence-corrected chi connectivity index (χ2v) is 5.75. The fourth-order valence-corrected chi connectivity index (χ4v) is 3.45. The maximum atomic E-state index is 11.8. The maximum Gasteiger partial charge on any atom is 0.287 e. The molecule has 2 fully saturated rings. The number of nitrogens with zero attached hydrogens (tertiary/aromatic N) is 1. The van der Waals surface area contributed by atoms with E-state index in [4.69, 9.17) is 0 Å². The lowest BCUT2D eigenvalue weighted by Gasteiger charge is -2.35. The van der Waals surface area contributed by atoms with Gasteiger partial charge in [0.1, 0.15) is 5.69 Å². The molecule has 1 aromatic rings. The number of hydrogen-bond donors (Lipinski definition) is 2. The van der Waals surface area contributed by atoms with Crippen molar-refractivity contribution in [2.45, 2.75) is 44.9 Å². The van der Waals surface area contributed by atoms with E-state index in [1.54, 1.807) is 12.3 Å². The number of rotatable bonds is 2. The highest BCUT2D eigenvalue weighted by Gasteiger charge is 2.30. The van der Waals surface area contributed by atoms with Gasteiger partial charge in [0.25, 0.3) is 5.91 Å². The summed E-state index contributed by atoms with van der Waals surface area (Å²) < 4.78 is 0. The molecule has 19 heavy (non-hydrogen) atoms. The van der Waals surface area contributed by atoms with Crippen molar-refractivity contribution in [3.05, 3.63) is 24.0 Å². The lowest BCUT2D eigenvalue weighted by molar-refractivity contribution is 0.0949. The van der Waals surface area contributed by atoms with Gasteiger partial charge in [-0.1, -0.05) is 19.3 Å². The monoisotopic (exact) mass is 259 g/mol. The Kier molecular flexibility index (Phi) is 3.67. The Balaban J connectivity index is 1.57. The molecule has 102 valence electrons. The zero-order valence-electron chi connectivity index (χ0n) is 11.2. The first kappa shape index (κ1) is 12.5. The van der Waals surface area contributed by atoms with Gasteiger partial charge in [0.15, 0.2) is 0 Å². The fraction of sp³-hybridized carbons (Fsp3) is 0.600. The molecule has 2 aliphatic rings. The minimum Gasteiger partial charge on any atom is -0.357 e. The first-order valence-electron chi connectivity index (χ1n) is 7.32. The highest BCUT2D eigenvalue weighted by molar-refractivity contribution is 5.94. The molecule has 0 radical (unpaired) electrons. The molecule has 0 aromatic carbocycles. The molecule has 2 atom stereocenters. The molecule has 4 nitrogen and oxygen atoms in total. The minimum absolute atomic E-state index is 0.150. The highest BCUT2D eigenvalue weighted by atomic mass is 16.2. The summed E-state index contributed by atoms with van der Waals surface area (Å²) in [6.45, 7) is 0. The van der Waals surface area contributed by atoms with Crippen LogP contribution in [0.15, 0.2) is 23.4 Å². The zero-order chi connectivity index (χ0) is 13.1. The number of hydrogen-bond acceptors (Lipinski definition) is 2. The number of carbonyl (C=O) groups is 1. The Bertz CT molecular complexity index is 464. The Labute approximate surface area is 113 Å². The standard InChI is InChI=1S/C15H21N3O/c19-15(14-6-3-9-16-14)18-17-13-8-7-11-4-1-2-5-12(11)10-13/h3,6,9,11-12,16H,1-2,4-5,7-8,10H2,(H,18,19)/b17-13+/t11-,12+/m0/s1. The van der Waals surface area contributed by atoms with Crippen LogP contribution in [0.4, 0.5) is 0 Å². The van der Waals surface area contributed by atoms with Crippen molar-refractivity contribution in [3.63, 3.8) is 0 Å². The lowest BCUT2D eigenvalue weighted by Crippen LogP contribution is -2.29. The van der Waals surface area contributed by atoms with Crippen LogP contribution >= 0.6 is 0 Å². The van der Waals surface area contributed by atoms with Crippen LogP contribution in [0.1, 0.15) is 55.4 Å². The summed E-state index contributed by atoms with van der Waals surface area (Å²) >= 11 is 0. The number of aromatic nitrogens is 1. The van der Waals surface area contributed by atoms with E-state index in [1.165, 1.54) is 37.8 Å². The van der Waals surface area contributed by atoms with E-state index < -0.39 is 0 Å². The molecule has 0 bridgehead atoms. The van der Waals surface area contributed by atoms with Gasteiger partial charge in [-0.2, -0.15) is 5.10 Å². The van der Waals surface area contributed by atoms with Crippen molar-refractivity contribution in [1.29, 1.82) is 0 Å². The van der Waals surface area contributed by atoms with Gasteiger partial charge in [0.05, 0.1) is 0 Å². The van der Waals surface area contributed by atoms with Gasteiger partial charge >= 0.3 is 0 Å². The van der Waals surface area contributed by atoms with Gasteiger partial charge in [-0.3, -0.25) is 4.79 Å². The van der Waals surface area contributed by atoms with E-state index in [-0.39, 0.29) is 5.91 Å². The molecule has 2 aliphatic carbocycles. The summed E-state index contributed by atoms with van der Waals surface area (Å²) in [6, 6.07) is 3.57. The molecule has 1 amide bonds. The number of H-pyrrole nitrogens is 1. The maximum absolute atomic E-state index is 11.8. The minimum atomic E-state index is -0.150. The van der Waals surface area contributed by atoms with Crippen molar-refractivity contribution in [2.24, 2.45) is 16.9 Å². The van der Waals surface area contributed by atoms with E-state index >= 15 is 0 Å². The molecule has 0 saturated heterocycles. The lowest BCUT2D eigenvalue weighted by atomic mass is 9.70. The third-order valence-corrected chi connectivity index (χ3v) is 4.53. The average Bonchev–Trinajstić information content (AvgIpc) is 2.99. The fourth-order valence-electron chi connectivity index (χ4n) is 3.45. The predicted molar refractivity (Wildman–Crippen MR) is 75.0 cm³/mol. The molecular weight excluding hydrogens is 238 g/mol. The summed E-state index contributed by atoms with van der Waals surface area (Å²) in [5, 5.41) is 4.33. The third-order valence-electron chi connectivity index (χ3n) is 4.53. The number of carbonyl (C=O) groups excluding carboxylic acids is 1. The van der Waals surface area contributed by atoms with Crippen LogP contribution in [-0.4, -0.2) is 16.6 Å². The molecule has 1 aromatic heterocycles. The molecule has 3 rings (SSSR count). The highest BCUT2D eigenvalue weighted by Crippen LogP contribution is 2.39. The Hall–Kier alpha value is -1.58. The molecule has 4 heteroatoms. The number of nitrogens with one attached hydrogen (secondary N) is 2. The van der Waals surface area contributed by atoms with E-state index in [0.717, 1.165) is 24.7 Å². The van der Waals surface area contributed by atoms with Gasteiger partial charge in [0, 0.05) is 11.9 Å². The number of aromatic amines is 1. The number of hydrazone groups is 1. The quantitative estimate of drug-likeness (QED) is 0.788. The zero-order valence-corrected chi connectivity index (χ0v) is 11.2. The molecule has 0 unspecified atom stereocenters. The van der Waals surface area contributed by atoms with Crippen LogP contribution in [0.2, 0.25) is 0 Å². The second-order valence-electron chi connectivity index (χ2n) is 5.75. The van der Waals surface area contributed by atoms with E-state index in [1.807, 2.05) is 6.07 Å². The predicted octanol–water partition coefficient (Wildman–Crippen LogP) is 3.09. The van der Waals surface area contributed by atoms with Crippen molar-refractivity contribution >= 4 is 11.6 Å². The largest absolute Gasteiger partial charge is 0.357 e. The van der Waals surface area contributed by atoms with Crippen molar-refractivity contribution in [1.82, 2.24) is 10.4 Å². The summed E-state index contributed by atoms with van der Waals surface area (Å²) in [7, 11) is 0. The van der Waals surface area contributed by atoms with Crippen molar-refractivity contribution in [2.75, 3.05) is 0 Å². The van der Waals surface area contributed by atoms with Gasteiger partial charge in [-0.05, 0) is 49.7 Å². The summed E-state index contributed by atoms with van der Waals surface area (Å²) in [4.78, 5) is 14.7. The van der Waals surface area contributed by atoms with Gasteiger partial charge in [-0.15, -0.1) is 0 Å². The summed E-state index contributed by atoms with van der Waals surface area (Å²) in [5.41, 5.74) is 4.40. The normalized spacial score (nSPS) is 28.9. The topological polar surface area (TPSA) is 57.2 Å². The van der Waals surface area contributed by atoms with Gasteiger partial charge in [-0.25, -0.2) is 5.43 Å². The number of fused-ring (bicyclic) bond motifs is 1. The van der Waals surface area contributed by atoms with Crippen LogP contribution in [-0.2, 0) is 0 Å². The smallest absolute Gasteiger partial charge is 0.287 e. The first-order valence-corrected chi connectivity index (χ1v) is 7.32. The Morgan fingerprint density at radius 3 is 2.89 bits per heavy atom. The molecular formula is C15H21N3O. The summed E-state index contributed by atoms with van der Waals surface area (Å²) in [5.74, 6) is 1.57. The Morgan fingerprint density at radius 1 is 1.26 bits per heavy atom.